The van der Waals surface area contributed by atoms with Crippen molar-refractivity contribution in [1.82, 2.24) is 9.88 Å². The Morgan fingerprint density at radius 3 is 3.36 bits per heavy atom. The number of aromatic nitrogens is 1. The predicted molar refractivity (Wildman–Crippen MR) is 57.8 cm³/mol. The van der Waals surface area contributed by atoms with E-state index in [1.807, 2.05) is 5.38 Å². The highest BCUT2D eigenvalue weighted by Gasteiger charge is 2.17. The zero-order valence-electron chi connectivity index (χ0n) is 8.48. The molecule has 1 saturated heterocycles. The molecule has 0 spiro atoms. The summed E-state index contributed by atoms with van der Waals surface area (Å²) in [6.07, 6.45) is 4.37. The number of ether oxygens (including phenoxy) is 1. The maximum Gasteiger partial charge on any atom is 0.273 e. The summed E-state index contributed by atoms with van der Waals surface area (Å²) in [6, 6.07) is 0. The molecule has 0 saturated carbocycles. The quantitative estimate of drug-likeness (QED) is 0.764. The smallest absolute Gasteiger partial charge is 0.273 e. The van der Waals surface area contributed by atoms with Crippen LogP contribution in [0.3, 0.4) is 0 Å². The topological polar surface area (TPSA) is 25.4 Å². The lowest BCUT2D eigenvalue weighted by atomic mass is 10.00. The fourth-order valence-corrected chi connectivity index (χ4v) is 2.38. The monoisotopic (exact) mass is 212 g/mol. The van der Waals surface area contributed by atoms with Crippen molar-refractivity contribution in [3.05, 3.63) is 11.6 Å². The summed E-state index contributed by atoms with van der Waals surface area (Å²) in [7, 11) is 2.18. The van der Waals surface area contributed by atoms with Crippen LogP contribution in [-0.2, 0) is 0 Å². The molecular weight excluding hydrogens is 196 g/mol. The van der Waals surface area contributed by atoms with E-state index in [1.165, 1.54) is 19.4 Å². The zero-order valence-corrected chi connectivity index (χ0v) is 9.30. The number of thiazole rings is 1. The van der Waals surface area contributed by atoms with Crippen LogP contribution in [0.2, 0.25) is 0 Å². The molecule has 1 aromatic rings. The van der Waals surface area contributed by atoms with E-state index >= 15 is 0 Å². The van der Waals surface area contributed by atoms with E-state index in [1.54, 1.807) is 17.5 Å². The third kappa shape index (κ3) is 2.69. The van der Waals surface area contributed by atoms with Crippen molar-refractivity contribution in [3.8, 4) is 5.19 Å². The number of piperidine rings is 1. The van der Waals surface area contributed by atoms with Crippen LogP contribution in [0.1, 0.15) is 12.8 Å². The number of likely N-dealkylation sites (tertiary alicyclic amines) is 1. The average Bonchev–Trinajstić information content (AvgIpc) is 2.67. The molecule has 1 aliphatic rings. The first-order valence-corrected chi connectivity index (χ1v) is 5.93. The molecule has 2 rings (SSSR count). The van der Waals surface area contributed by atoms with E-state index in [-0.39, 0.29) is 0 Å². The maximum atomic E-state index is 5.61. The van der Waals surface area contributed by atoms with Crippen LogP contribution in [0.25, 0.3) is 0 Å². The number of rotatable bonds is 3. The molecule has 1 unspecified atom stereocenters. The third-order valence-electron chi connectivity index (χ3n) is 2.57. The van der Waals surface area contributed by atoms with Gasteiger partial charge in [-0.15, -0.1) is 0 Å². The average molecular weight is 212 g/mol. The summed E-state index contributed by atoms with van der Waals surface area (Å²) in [4.78, 5) is 6.48. The van der Waals surface area contributed by atoms with Gasteiger partial charge in [0, 0.05) is 24.0 Å². The Morgan fingerprint density at radius 2 is 2.64 bits per heavy atom. The van der Waals surface area contributed by atoms with Crippen LogP contribution in [0.15, 0.2) is 11.6 Å². The number of hydrogen-bond acceptors (Lipinski definition) is 4. The van der Waals surface area contributed by atoms with Crippen LogP contribution >= 0.6 is 11.3 Å². The summed E-state index contributed by atoms with van der Waals surface area (Å²) < 4.78 is 5.61. The Morgan fingerprint density at radius 1 is 1.71 bits per heavy atom. The van der Waals surface area contributed by atoms with Crippen molar-refractivity contribution >= 4 is 11.3 Å². The minimum atomic E-state index is 0.678. The Labute approximate surface area is 88.7 Å². The van der Waals surface area contributed by atoms with Crippen molar-refractivity contribution in [1.29, 1.82) is 0 Å². The molecule has 0 amide bonds. The van der Waals surface area contributed by atoms with E-state index in [0.717, 1.165) is 18.3 Å². The van der Waals surface area contributed by atoms with Gasteiger partial charge >= 0.3 is 0 Å². The molecule has 3 nitrogen and oxygen atoms in total. The van der Waals surface area contributed by atoms with Gasteiger partial charge in [0.15, 0.2) is 0 Å². The zero-order chi connectivity index (χ0) is 9.80. The molecule has 1 atom stereocenters. The number of hydrogen-bond donors (Lipinski definition) is 0. The van der Waals surface area contributed by atoms with E-state index in [4.69, 9.17) is 4.74 Å². The fourth-order valence-electron chi connectivity index (χ4n) is 1.88. The molecule has 0 N–H and O–H groups in total. The normalized spacial score (nSPS) is 23.6. The lowest BCUT2D eigenvalue weighted by molar-refractivity contribution is 0.150. The van der Waals surface area contributed by atoms with Gasteiger partial charge in [-0.1, -0.05) is 11.3 Å². The second-order valence-corrected chi connectivity index (χ2v) is 4.74. The molecule has 0 aliphatic carbocycles. The molecule has 78 valence electrons. The van der Waals surface area contributed by atoms with Gasteiger partial charge in [-0.3, -0.25) is 0 Å². The molecule has 0 bridgehead atoms. The first-order chi connectivity index (χ1) is 6.84. The fraction of sp³-hybridized carbons (Fsp3) is 0.700. The lowest BCUT2D eigenvalue weighted by Crippen LogP contribution is -2.34. The van der Waals surface area contributed by atoms with Crippen molar-refractivity contribution in [2.45, 2.75) is 12.8 Å². The van der Waals surface area contributed by atoms with Gasteiger partial charge in [-0.05, 0) is 26.4 Å². The van der Waals surface area contributed by atoms with Gasteiger partial charge < -0.3 is 9.64 Å². The molecule has 1 aliphatic heterocycles. The summed E-state index contributed by atoms with van der Waals surface area (Å²) in [5.74, 6) is 0.678. The van der Waals surface area contributed by atoms with Crippen LogP contribution < -0.4 is 4.74 Å². The largest absolute Gasteiger partial charge is 0.470 e. The maximum absolute atomic E-state index is 5.61. The molecule has 0 aromatic carbocycles. The molecule has 4 heteroatoms. The summed E-state index contributed by atoms with van der Waals surface area (Å²) in [5, 5.41) is 2.75. The van der Waals surface area contributed by atoms with Crippen molar-refractivity contribution < 1.29 is 4.74 Å². The minimum Gasteiger partial charge on any atom is -0.470 e. The third-order valence-corrected chi connectivity index (χ3v) is 3.26. The van der Waals surface area contributed by atoms with Crippen molar-refractivity contribution in [2.75, 3.05) is 26.7 Å². The van der Waals surface area contributed by atoms with E-state index in [2.05, 4.69) is 16.9 Å². The summed E-state index contributed by atoms with van der Waals surface area (Å²) >= 11 is 1.57. The van der Waals surface area contributed by atoms with Gasteiger partial charge in [0.25, 0.3) is 5.19 Å². The SMILES string of the molecule is CN1CCCC(COc2nccs2)C1. The molecule has 0 radical (unpaired) electrons. The van der Waals surface area contributed by atoms with Gasteiger partial charge in [-0.25, -0.2) is 4.98 Å². The van der Waals surface area contributed by atoms with Crippen molar-refractivity contribution in [3.63, 3.8) is 0 Å². The Hall–Kier alpha value is -0.610. The van der Waals surface area contributed by atoms with E-state index < -0.39 is 0 Å². The Kier molecular flexibility index (Phi) is 3.37. The Balaban J connectivity index is 1.75. The van der Waals surface area contributed by atoms with Crippen LogP contribution in [0, 0.1) is 5.92 Å². The van der Waals surface area contributed by atoms with Gasteiger partial charge in [0.1, 0.15) is 0 Å². The first-order valence-electron chi connectivity index (χ1n) is 5.05. The predicted octanol–water partition coefficient (Wildman–Crippen LogP) is 1.86. The van der Waals surface area contributed by atoms with Crippen LogP contribution in [0.4, 0.5) is 0 Å². The van der Waals surface area contributed by atoms with Gasteiger partial charge in [-0.2, -0.15) is 0 Å². The highest BCUT2D eigenvalue weighted by atomic mass is 32.1. The second kappa shape index (κ2) is 4.75. The lowest BCUT2D eigenvalue weighted by Gasteiger charge is -2.29. The summed E-state index contributed by atoms with van der Waals surface area (Å²) in [5.41, 5.74) is 0. The second-order valence-electron chi connectivity index (χ2n) is 3.88. The standard InChI is InChI=1S/C10H16N2OS/c1-12-5-2-3-9(7-12)8-13-10-11-4-6-14-10/h4,6,9H,2-3,5,7-8H2,1H3. The van der Waals surface area contributed by atoms with Crippen LogP contribution in [-0.4, -0.2) is 36.6 Å². The molecule has 2 heterocycles. The minimum absolute atomic E-state index is 0.678. The van der Waals surface area contributed by atoms with Gasteiger partial charge in [0.2, 0.25) is 0 Å². The van der Waals surface area contributed by atoms with Crippen LogP contribution in [0.5, 0.6) is 5.19 Å². The number of nitrogens with zero attached hydrogens (tertiary/aromatic N) is 2. The molecule has 1 fully saturated rings. The highest BCUT2D eigenvalue weighted by molar-refractivity contribution is 7.11. The molecule has 14 heavy (non-hydrogen) atoms. The first kappa shape index (κ1) is 9.93. The van der Waals surface area contributed by atoms with E-state index in [0.29, 0.717) is 5.92 Å². The van der Waals surface area contributed by atoms with Crippen molar-refractivity contribution in [2.24, 2.45) is 5.92 Å². The highest BCUT2D eigenvalue weighted by Crippen LogP contribution is 2.19. The van der Waals surface area contributed by atoms with Gasteiger partial charge in [0.05, 0.1) is 6.61 Å². The van der Waals surface area contributed by atoms with E-state index in [9.17, 15) is 0 Å². The Bertz CT molecular complexity index is 263. The molecular formula is C10H16N2OS. The summed E-state index contributed by atoms with van der Waals surface area (Å²) in [6.45, 7) is 3.21. The molecule has 1 aromatic heterocycles.